The van der Waals surface area contributed by atoms with Gasteiger partial charge >= 0.3 is 24.4 Å². The molecule has 0 saturated carbocycles. The zero-order chi connectivity index (χ0) is 25.7. The summed E-state index contributed by atoms with van der Waals surface area (Å²) in [4.78, 5) is 46.4. The maximum Gasteiger partial charge on any atom is 0.513 e. The fourth-order valence-corrected chi connectivity index (χ4v) is 2.47. The molecule has 0 bridgehead atoms. The van der Waals surface area contributed by atoms with E-state index < -0.39 is 36.6 Å². The highest BCUT2D eigenvalue weighted by Crippen LogP contribution is 2.30. The molecule has 0 aliphatic heterocycles. The Labute approximate surface area is 197 Å². The molecule has 0 fully saturated rings. The Morgan fingerprint density at radius 2 is 1.59 bits per heavy atom. The minimum atomic E-state index is -1.16. The van der Waals surface area contributed by atoms with Crippen molar-refractivity contribution in [3.8, 4) is 11.5 Å². The Kier molecular flexibility index (Phi) is 12.2. The van der Waals surface area contributed by atoms with Crippen molar-refractivity contribution in [2.75, 3.05) is 27.4 Å². The molecule has 1 rings (SSSR count). The molecule has 0 aromatic heterocycles. The third kappa shape index (κ3) is 10.4. The molecule has 0 aliphatic carbocycles. The predicted molar refractivity (Wildman–Crippen MR) is 117 cm³/mol. The molecule has 12 nitrogen and oxygen atoms in total. The SMILES string of the molecule is CCC(C)COC(=O)OC(C)CN[C@@H](Cc1ccc(OC(=O)OC)c(OC(=O)OC)c1)C(=O)O. The highest BCUT2D eigenvalue weighted by atomic mass is 16.7. The lowest BCUT2D eigenvalue weighted by atomic mass is 10.0. The van der Waals surface area contributed by atoms with Crippen LogP contribution in [0.2, 0.25) is 0 Å². The molecule has 34 heavy (non-hydrogen) atoms. The Balaban J connectivity index is 2.81. The molecule has 12 heteroatoms. The monoisotopic (exact) mass is 485 g/mol. The van der Waals surface area contributed by atoms with Gasteiger partial charge in [-0.25, -0.2) is 14.4 Å². The number of rotatable bonds is 12. The van der Waals surface area contributed by atoms with Gasteiger partial charge < -0.3 is 38.8 Å². The number of aliphatic carboxylic acids is 1. The smallest absolute Gasteiger partial charge is 0.480 e. The van der Waals surface area contributed by atoms with Crippen molar-refractivity contribution in [1.29, 1.82) is 0 Å². The average molecular weight is 485 g/mol. The molecule has 0 heterocycles. The van der Waals surface area contributed by atoms with Crippen molar-refractivity contribution in [3.63, 3.8) is 0 Å². The van der Waals surface area contributed by atoms with Crippen molar-refractivity contribution < 1.29 is 52.7 Å². The van der Waals surface area contributed by atoms with E-state index in [0.717, 1.165) is 20.6 Å². The summed E-state index contributed by atoms with van der Waals surface area (Å²) in [5, 5.41) is 12.4. The lowest BCUT2D eigenvalue weighted by molar-refractivity contribution is -0.139. The van der Waals surface area contributed by atoms with Crippen LogP contribution in [0, 0.1) is 5.92 Å². The lowest BCUT2D eigenvalue weighted by Crippen LogP contribution is -2.42. The molecule has 0 radical (unpaired) electrons. The number of carbonyl (C=O) groups excluding carboxylic acids is 3. The lowest BCUT2D eigenvalue weighted by Gasteiger charge is -2.19. The Hall–Kier alpha value is -3.54. The second-order valence-corrected chi connectivity index (χ2v) is 7.40. The first-order valence-corrected chi connectivity index (χ1v) is 10.5. The number of carboxylic acids is 1. The number of carbonyl (C=O) groups is 4. The average Bonchev–Trinajstić information content (AvgIpc) is 2.80. The van der Waals surface area contributed by atoms with Crippen LogP contribution in [0.5, 0.6) is 11.5 Å². The molecule has 190 valence electrons. The molecule has 0 spiro atoms. The van der Waals surface area contributed by atoms with E-state index in [9.17, 15) is 24.3 Å². The number of benzene rings is 1. The third-order valence-corrected chi connectivity index (χ3v) is 4.60. The van der Waals surface area contributed by atoms with Crippen molar-refractivity contribution in [2.45, 2.75) is 45.8 Å². The van der Waals surface area contributed by atoms with Crippen LogP contribution in [-0.2, 0) is 30.2 Å². The summed E-state index contributed by atoms with van der Waals surface area (Å²) in [7, 11) is 2.21. The summed E-state index contributed by atoms with van der Waals surface area (Å²) in [5.41, 5.74) is 0.442. The van der Waals surface area contributed by atoms with Gasteiger partial charge in [-0.3, -0.25) is 4.79 Å². The summed E-state index contributed by atoms with van der Waals surface area (Å²) < 4.78 is 28.9. The number of ether oxygens (including phenoxy) is 6. The van der Waals surface area contributed by atoms with Crippen LogP contribution in [0.25, 0.3) is 0 Å². The van der Waals surface area contributed by atoms with E-state index >= 15 is 0 Å². The summed E-state index contributed by atoms with van der Waals surface area (Å²) >= 11 is 0. The minimum absolute atomic E-state index is 0.0312. The van der Waals surface area contributed by atoms with Crippen LogP contribution in [-0.4, -0.2) is 69.1 Å². The van der Waals surface area contributed by atoms with Crippen LogP contribution in [0.1, 0.15) is 32.8 Å². The van der Waals surface area contributed by atoms with E-state index in [0.29, 0.717) is 5.56 Å². The Bertz CT molecular complexity index is 842. The van der Waals surface area contributed by atoms with Crippen molar-refractivity contribution >= 4 is 24.4 Å². The molecule has 0 saturated heterocycles. The van der Waals surface area contributed by atoms with Crippen molar-refractivity contribution in [3.05, 3.63) is 23.8 Å². The van der Waals surface area contributed by atoms with E-state index in [2.05, 4.69) is 14.8 Å². The largest absolute Gasteiger partial charge is 0.513 e. The summed E-state index contributed by atoms with van der Waals surface area (Å²) in [6.45, 7) is 5.79. The van der Waals surface area contributed by atoms with Gasteiger partial charge in [-0.15, -0.1) is 0 Å². The molecule has 0 amide bonds. The first-order chi connectivity index (χ1) is 16.1. The minimum Gasteiger partial charge on any atom is -0.480 e. The molecular weight excluding hydrogens is 454 g/mol. The molecule has 1 aromatic rings. The Morgan fingerprint density at radius 3 is 2.15 bits per heavy atom. The highest BCUT2D eigenvalue weighted by Gasteiger charge is 2.22. The van der Waals surface area contributed by atoms with Crippen molar-refractivity contribution in [2.24, 2.45) is 5.92 Å². The molecule has 1 aromatic carbocycles. The topological polar surface area (TPSA) is 156 Å². The van der Waals surface area contributed by atoms with E-state index in [1.165, 1.54) is 18.2 Å². The van der Waals surface area contributed by atoms with Gasteiger partial charge in [0.1, 0.15) is 12.1 Å². The van der Waals surface area contributed by atoms with E-state index in [-0.39, 0.29) is 37.0 Å². The zero-order valence-corrected chi connectivity index (χ0v) is 19.8. The standard InChI is InChI=1S/C22H31NO11/c1-6-13(2)12-31-22(28)32-14(3)11-23-16(19(24)25)9-15-7-8-17(33-20(26)29-4)18(10-15)34-21(27)30-5/h7-8,10,13-14,16,23H,6,9,11-12H2,1-5H3,(H,24,25)/t13?,14?,16-/m0/s1. The maximum absolute atomic E-state index is 11.7. The Morgan fingerprint density at radius 1 is 0.971 bits per heavy atom. The number of methoxy groups -OCH3 is 2. The van der Waals surface area contributed by atoms with Crippen LogP contribution in [0.4, 0.5) is 14.4 Å². The number of carboxylic acid groups (broad SMARTS) is 1. The molecular formula is C22H31NO11. The fraction of sp³-hybridized carbons (Fsp3) is 0.545. The number of hydrogen-bond donors (Lipinski definition) is 2. The fourth-order valence-electron chi connectivity index (χ4n) is 2.47. The highest BCUT2D eigenvalue weighted by molar-refractivity contribution is 5.74. The predicted octanol–water partition coefficient (Wildman–Crippen LogP) is 3.15. The van der Waals surface area contributed by atoms with Crippen LogP contribution in [0.3, 0.4) is 0 Å². The molecule has 0 aliphatic rings. The van der Waals surface area contributed by atoms with Gasteiger partial charge in [0.05, 0.1) is 20.8 Å². The van der Waals surface area contributed by atoms with Crippen LogP contribution in [0.15, 0.2) is 18.2 Å². The number of nitrogens with one attached hydrogen (secondary N) is 1. The third-order valence-electron chi connectivity index (χ3n) is 4.60. The summed E-state index contributed by atoms with van der Waals surface area (Å²) in [6.07, 6.45) is -2.76. The van der Waals surface area contributed by atoms with Crippen LogP contribution < -0.4 is 14.8 Å². The quantitative estimate of drug-likeness (QED) is 0.254. The van der Waals surface area contributed by atoms with Gasteiger partial charge in [0.2, 0.25) is 0 Å². The van der Waals surface area contributed by atoms with E-state index in [1.807, 2.05) is 13.8 Å². The molecule has 3 atom stereocenters. The van der Waals surface area contributed by atoms with E-state index in [4.69, 9.17) is 18.9 Å². The number of hydrogen-bond acceptors (Lipinski definition) is 11. The zero-order valence-electron chi connectivity index (χ0n) is 19.8. The van der Waals surface area contributed by atoms with Gasteiger partial charge in [0.15, 0.2) is 11.5 Å². The first-order valence-electron chi connectivity index (χ1n) is 10.5. The van der Waals surface area contributed by atoms with Crippen molar-refractivity contribution in [1.82, 2.24) is 5.32 Å². The normalized spacial score (nSPS) is 13.1. The molecule has 2 unspecified atom stereocenters. The second-order valence-electron chi connectivity index (χ2n) is 7.40. The maximum atomic E-state index is 11.7. The summed E-state index contributed by atoms with van der Waals surface area (Å²) in [6, 6.07) is 3.08. The first kappa shape index (κ1) is 28.5. The van der Waals surface area contributed by atoms with Gasteiger partial charge in [-0.1, -0.05) is 26.3 Å². The van der Waals surface area contributed by atoms with Gasteiger partial charge in [-0.05, 0) is 37.0 Å². The van der Waals surface area contributed by atoms with Gasteiger partial charge in [0.25, 0.3) is 0 Å². The molecule has 2 N–H and O–H groups in total. The van der Waals surface area contributed by atoms with Crippen LogP contribution >= 0.6 is 0 Å². The van der Waals surface area contributed by atoms with Gasteiger partial charge in [0, 0.05) is 6.54 Å². The second kappa shape index (κ2) is 14.6. The van der Waals surface area contributed by atoms with Gasteiger partial charge in [-0.2, -0.15) is 0 Å². The summed E-state index contributed by atoms with van der Waals surface area (Å²) in [5.74, 6) is -1.25. The van der Waals surface area contributed by atoms with E-state index in [1.54, 1.807) is 6.92 Å².